The highest BCUT2D eigenvalue weighted by atomic mass is 16.5. The van der Waals surface area contributed by atoms with E-state index >= 15 is 0 Å². The molecule has 1 aliphatic rings. The molecule has 2 rings (SSSR count). The lowest BCUT2D eigenvalue weighted by Gasteiger charge is -2.11. The third-order valence-corrected chi connectivity index (χ3v) is 2.26. The second kappa shape index (κ2) is 4.01. The quantitative estimate of drug-likeness (QED) is 0.766. The van der Waals surface area contributed by atoms with Crippen LogP contribution >= 0.6 is 0 Å². The zero-order valence-electron chi connectivity index (χ0n) is 8.16. The first kappa shape index (κ1) is 8.88. The van der Waals surface area contributed by atoms with Crippen LogP contribution in [0.2, 0.25) is 0 Å². The van der Waals surface area contributed by atoms with Gasteiger partial charge in [-0.15, -0.1) is 0 Å². The maximum Gasteiger partial charge on any atom is 0.118 e. The van der Waals surface area contributed by atoms with E-state index in [0.717, 1.165) is 12.3 Å². The molecule has 1 aliphatic heterocycles. The van der Waals surface area contributed by atoms with Gasteiger partial charge in [-0.3, -0.25) is 0 Å². The molecular formula is C12H13NO. The Balaban J connectivity index is 2.24. The van der Waals surface area contributed by atoms with E-state index in [-0.39, 0.29) is 0 Å². The number of dihydropyridines is 1. The highest BCUT2D eigenvalue weighted by molar-refractivity contribution is 5.69. The highest BCUT2D eigenvalue weighted by Crippen LogP contribution is 2.19. The molecule has 1 N–H and O–H groups in total. The van der Waals surface area contributed by atoms with Crippen LogP contribution < -0.4 is 10.1 Å². The van der Waals surface area contributed by atoms with Gasteiger partial charge in [0.15, 0.2) is 0 Å². The lowest BCUT2D eigenvalue weighted by atomic mass is 10.0. The van der Waals surface area contributed by atoms with Crippen LogP contribution in [0.4, 0.5) is 0 Å². The first-order valence-corrected chi connectivity index (χ1v) is 4.63. The Morgan fingerprint density at radius 3 is 2.57 bits per heavy atom. The number of nitrogens with one attached hydrogen (secondary N) is 1. The average Bonchev–Trinajstić information content (AvgIpc) is 2.30. The lowest BCUT2D eigenvalue weighted by molar-refractivity contribution is 0.415. The van der Waals surface area contributed by atoms with E-state index in [9.17, 15) is 0 Å². The Bertz CT molecular complexity index is 362. The van der Waals surface area contributed by atoms with Gasteiger partial charge < -0.3 is 10.1 Å². The maximum absolute atomic E-state index is 5.11. The van der Waals surface area contributed by atoms with Crippen molar-refractivity contribution >= 4 is 5.57 Å². The molecule has 14 heavy (non-hydrogen) atoms. The fraction of sp³-hybridized carbons (Fsp3) is 0.167. The SMILES string of the molecule is COc1ccc(C2=CC=CNC2)cc1. The third-order valence-electron chi connectivity index (χ3n) is 2.26. The molecule has 2 nitrogen and oxygen atoms in total. The van der Waals surface area contributed by atoms with Crippen LogP contribution in [0.3, 0.4) is 0 Å². The molecule has 1 heterocycles. The van der Waals surface area contributed by atoms with Gasteiger partial charge in [0.05, 0.1) is 7.11 Å². The van der Waals surface area contributed by atoms with Gasteiger partial charge in [0, 0.05) is 6.54 Å². The smallest absolute Gasteiger partial charge is 0.118 e. The first-order valence-electron chi connectivity index (χ1n) is 4.63. The minimum absolute atomic E-state index is 0.892. The van der Waals surface area contributed by atoms with Crippen molar-refractivity contribution in [1.82, 2.24) is 5.32 Å². The molecule has 0 fully saturated rings. The normalized spacial score (nSPS) is 14.5. The summed E-state index contributed by atoms with van der Waals surface area (Å²) in [6, 6.07) is 8.11. The van der Waals surface area contributed by atoms with Crippen molar-refractivity contribution in [2.75, 3.05) is 13.7 Å². The van der Waals surface area contributed by atoms with E-state index in [4.69, 9.17) is 4.74 Å². The summed E-state index contributed by atoms with van der Waals surface area (Å²) in [5.74, 6) is 0.897. The molecule has 0 saturated heterocycles. The van der Waals surface area contributed by atoms with Crippen molar-refractivity contribution in [3.8, 4) is 5.75 Å². The van der Waals surface area contributed by atoms with Gasteiger partial charge >= 0.3 is 0 Å². The average molecular weight is 187 g/mol. The third kappa shape index (κ3) is 1.79. The second-order valence-corrected chi connectivity index (χ2v) is 3.16. The number of hydrogen-bond acceptors (Lipinski definition) is 2. The Morgan fingerprint density at radius 1 is 1.21 bits per heavy atom. The van der Waals surface area contributed by atoms with Crippen molar-refractivity contribution in [3.63, 3.8) is 0 Å². The van der Waals surface area contributed by atoms with Crippen molar-refractivity contribution in [2.45, 2.75) is 0 Å². The monoisotopic (exact) mass is 187 g/mol. The number of rotatable bonds is 2. The van der Waals surface area contributed by atoms with Crippen LogP contribution in [0.1, 0.15) is 5.56 Å². The summed E-state index contributed by atoms with van der Waals surface area (Å²) in [6.45, 7) is 0.892. The summed E-state index contributed by atoms with van der Waals surface area (Å²) in [5, 5.41) is 3.18. The summed E-state index contributed by atoms with van der Waals surface area (Å²) in [5.41, 5.74) is 2.54. The fourth-order valence-corrected chi connectivity index (χ4v) is 1.46. The Morgan fingerprint density at radius 2 is 2.00 bits per heavy atom. The topological polar surface area (TPSA) is 21.3 Å². The largest absolute Gasteiger partial charge is 0.497 e. The number of methoxy groups -OCH3 is 1. The second-order valence-electron chi connectivity index (χ2n) is 3.16. The summed E-state index contributed by atoms with van der Waals surface area (Å²) in [6.07, 6.45) is 6.09. The molecule has 0 amide bonds. The van der Waals surface area contributed by atoms with Gasteiger partial charge in [-0.05, 0) is 35.5 Å². The Kier molecular flexibility index (Phi) is 2.54. The summed E-state index contributed by atoms with van der Waals surface area (Å²) in [4.78, 5) is 0. The van der Waals surface area contributed by atoms with Crippen molar-refractivity contribution < 1.29 is 4.74 Å². The molecule has 0 aliphatic carbocycles. The number of allylic oxidation sites excluding steroid dienone is 2. The van der Waals surface area contributed by atoms with Crippen LogP contribution in [-0.2, 0) is 0 Å². The highest BCUT2D eigenvalue weighted by Gasteiger charge is 2.02. The summed E-state index contributed by atoms with van der Waals surface area (Å²) >= 11 is 0. The fourth-order valence-electron chi connectivity index (χ4n) is 1.46. The molecule has 0 unspecified atom stereocenters. The van der Waals surface area contributed by atoms with Gasteiger partial charge in [0.25, 0.3) is 0 Å². The molecular weight excluding hydrogens is 174 g/mol. The van der Waals surface area contributed by atoms with Crippen LogP contribution in [0.15, 0.2) is 42.6 Å². The lowest BCUT2D eigenvalue weighted by Crippen LogP contribution is -2.11. The molecule has 0 bridgehead atoms. The number of hydrogen-bond donors (Lipinski definition) is 1. The molecule has 0 spiro atoms. The van der Waals surface area contributed by atoms with E-state index in [1.54, 1.807) is 7.11 Å². The molecule has 2 heteroatoms. The Labute approximate surface area is 83.9 Å². The molecule has 1 aromatic carbocycles. The predicted molar refractivity (Wildman–Crippen MR) is 58.1 cm³/mol. The zero-order valence-corrected chi connectivity index (χ0v) is 8.16. The van der Waals surface area contributed by atoms with Crippen LogP contribution in [0.5, 0.6) is 5.75 Å². The summed E-state index contributed by atoms with van der Waals surface area (Å²) < 4.78 is 5.11. The van der Waals surface area contributed by atoms with Crippen LogP contribution in [0, 0.1) is 0 Å². The molecule has 0 atom stereocenters. The molecule has 0 saturated carbocycles. The minimum Gasteiger partial charge on any atom is -0.497 e. The van der Waals surface area contributed by atoms with Crippen LogP contribution in [-0.4, -0.2) is 13.7 Å². The van der Waals surface area contributed by atoms with Crippen LogP contribution in [0.25, 0.3) is 5.57 Å². The van der Waals surface area contributed by atoms with Crippen molar-refractivity contribution in [1.29, 1.82) is 0 Å². The van der Waals surface area contributed by atoms with Gasteiger partial charge in [-0.25, -0.2) is 0 Å². The van der Waals surface area contributed by atoms with E-state index in [1.807, 2.05) is 24.4 Å². The van der Waals surface area contributed by atoms with Crippen molar-refractivity contribution in [2.24, 2.45) is 0 Å². The molecule has 0 aromatic heterocycles. The number of ether oxygens (including phenoxy) is 1. The zero-order chi connectivity index (χ0) is 9.80. The van der Waals surface area contributed by atoms with Gasteiger partial charge in [-0.1, -0.05) is 18.2 Å². The standard InChI is InChI=1S/C12H13NO/c1-14-12-6-4-10(5-7-12)11-3-2-8-13-9-11/h2-8,13H,9H2,1H3. The molecule has 1 aromatic rings. The van der Waals surface area contributed by atoms with Gasteiger partial charge in [-0.2, -0.15) is 0 Å². The summed E-state index contributed by atoms with van der Waals surface area (Å²) in [7, 11) is 1.68. The Hall–Kier alpha value is -1.70. The maximum atomic E-state index is 5.11. The number of benzene rings is 1. The van der Waals surface area contributed by atoms with Crippen molar-refractivity contribution in [3.05, 3.63) is 48.2 Å². The van der Waals surface area contributed by atoms with Gasteiger partial charge in [0.2, 0.25) is 0 Å². The van der Waals surface area contributed by atoms with Gasteiger partial charge in [0.1, 0.15) is 5.75 Å². The molecule has 72 valence electrons. The van der Waals surface area contributed by atoms with E-state index in [0.29, 0.717) is 0 Å². The minimum atomic E-state index is 0.892. The molecule has 0 radical (unpaired) electrons. The first-order chi connectivity index (χ1) is 6.90. The van der Waals surface area contributed by atoms with E-state index < -0.39 is 0 Å². The predicted octanol–water partition coefficient (Wildman–Crippen LogP) is 2.20. The van der Waals surface area contributed by atoms with E-state index in [2.05, 4.69) is 23.5 Å². The van der Waals surface area contributed by atoms with E-state index in [1.165, 1.54) is 11.1 Å².